The van der Waals surface area contributed by atoms with Crippen LogP contribution in [0.1, 0.15) is 200 Å². The molecule has 0 aliphatic rings. The first-order valence-electron chi connectivity index (χ1n) is 35.8. The lowest BCUT2D eigenvalue weighted by molar-refractivity contribution is 0.406. The minimum Gasteiger partial charge on any atom is -0.496 e. The zero-order valence-electron chi connectivity index (χ0n) is 65.8. The SMILES string of the molecule is COc1cc(C)ccc1CC(C)C.COc1cc(CC(C)C)ccc1C.Cc1c(F)cc(CC(C)C)cc1F.Cc1ccc(CC(C)C)c(Cl)c1.Cc1ccc(CC(C)C)c(F)c1.Cc1ccc(CC(C)C)c(F)c1F.Cc1ccc(CC(C)C)cc1Cl.Cc1ccc(CC(C)C)cc1F. The van der Waals surface area contributed by atoms with Gasteiger partial charge in [-0.25, -0.2) is 26.3 Å². The third-order valence-corrected chi connectivity index (χ3v) is 16.3. The van der Waals surface area contributed by atoms with Crippen LogP contribution in [0.25, 0.3) is 0 Å². The third-order valence-electron chi connectivity index (χ3n) is 15.6. The number of rotatable bonds is 18. The Hall–Kier alpha value is -6.48. The standard InChI is InChI=1S/2C12H18O.2C11H15Cl.2C11H14F2.2C11H15F/c1-9(2)7-11-6-5-10(3)12(8-11)13-4;1-9(2)7-11-6-5-10(3)8-12(11)13-4;1-8(2)6-10-5-4-9(3)11(12)7-10;1-8(2)6-10-5-4-9(3)7-11(10)12;1-7(2)4-9-5-10(12)8(3)11(13)6-9;1-7(2)6-9-5-4-8(3)10(12)11(9)13;1-8(2)6-10-5-4-9(3)11(12)7-10;1-8(2)6-10-5-4-9(3)7-11(10)12/h2*5-6,8-9H,7H2,1-4H3;2*4-5,7-8H,6H2,1-3H3;5-7H,4H2,1-3H3;4-5,7H,6H2,1-3H3;2*4-5,7-8H,6H2,1-3H3. The highest BCUT2D eigenvalue weighted by molar-refractivity contribution is 6.31. The molecule has 0 saturated carbocycles. The van der Waals surface area contributed by atoms with E-state index < -0.39 is 23.3 Å². The molecule has 0 bridgehead atoms. The highest BCUT2D eigenvalue weighted by atomic mass is 35.5. The molecular formula is C90H124Cl2F6O2. The van der Waals surface area contributed by atoms with Gasteiger partial charge in [0.15, 0.2) is 11.6 Å². The monoisotopic (exact) mass is 1420 g/mol. The molecule has 0 saturated heterocycles. The fraction of sp³-hybridized carbons (Fsp3) is 0.467. The molecule has 10 heteroatoms. The lowest BCUT2D eigenvalue weighted by Crippen LogP contribution is -2.01. The second-order valence-corrected chi connectivity index (χ2v) is 30.9. The molecule has 552 valence electrons. The normalized spacial score (nSPS) is 10.7. The van der Waals surface area contributed by atoms with Gasteiger partial charge in [-0.15, -0.1) is 0 Å². The number of methoxy groups -OCH3 is 2. The van der Waals surface area contributed by atoms with Gasteiger partial charge in [-0.05, 0) is 286 Å². The smallest absolute Gasteiger partial charge is 0.162 e. The second-order valence-electron chi connectivity index (χ2n) is 30.1. The maximum atomic E-state index is 13.2. The van der Waals surface area contributed by atoms with E-state index in [1.54, 1.807) is 52.3 Å². The number of benzene rings is 8. The number of aryl methyl sites for hydroxylation is 7. The minimum absolute atomic E-state index is 0.0660. The van der Waals surface area contributed by atoms with E-state index in [0.29, 0.717) is 71.3 Å². The van der Waals surface area contributed by atoms with Crippen molar-refractivity contribution >= 4 is 23.2 Å². The third kappa shape index (κ3) is 38.0. The van der Waals surface area contributed by atoms with E-state index in [0.717, 1.165) is 93.4 Å². The van der Waals surface area contributed by atoms with Crippen LogP contribution < -0.4 is 9.47 Å². The quantitative estimate of drug-likeness (QED) is 0.0797. The van der Waals surface area contributed by atoms with Gasteiger partial charge in [0.25, 0.3) is 0 Å². The van der Waals surface area contributed by atoms with Crippen LogP contribution in [0.5, 0.6) is 11.5 Å². The Balaban J connectivity index is 0.000000572. The van der Waals surface area contributed by atoms with Gasteiger partial charge in [0.2, 0.25) is 0 Å². The van der Waals surface area contributed by atoms with Crippen molar-refractivity contribution in [2.24, 2.45) is 47.3 Å². The van der Waals surface area contributed by atoms with Gasteiger partial charge in [0.05, 0.1) is 14.2 Å². The number of hydrogen-bond donors (Lipinski definition) is 0. The van der Waals surface area contributed by atoms with Crippen molar-refractivity contribution in [3.05, 3.63) is 267 Å². The summed E-state index contributed by atoms with van der Waals surface area (Å²) in [6.07, 6.45) is 7.47. The summed E-state index contributed by atoms with van der Waals surface area (Å²) in [5.74, 6) is 4.19. The van der Waals surface area contributed by atoms with Crippen molar-refractivity contribution in [2.45, 2.75) is 218 Å². The lowest BCUT2D eigenvalue weighted by atomic mass is 10.0. The Bertz CT molecular complexity index is 3520. The van der Waals surface area contributed by atoms with E-state index in [9.17, 15) is 26.3 Å². The highest BCUT2D eigenvalue weighted by Crippen LogP contribution is 2.26. The molecule has 0 unspecified atom stereocenters. The summed E-state index contributed by atoms with van der Waals surface area (Å²) < 4.78 is 89.3. The van der Waals surface area contributed by atoms with Crippen LogP contribution in [0.4, 0.5) is 26.3 Å². The predicted octanol–water partition coefficient (Wildman–Crippen LogP) is 27.7. The maximum absolute atomic E-state index is 13.2. The first-order chi connectivity index (χ1) is 46.7. The van der Waals surface area contributed by atoms with Crippen LogP contribution in [-0.4, -0.2) is 14.2 Å². The van der Waals surface area contributed by atoms with E-state index in [1.807, 2.05) is 71.9 Å². The molecule has 0 heterocycles. The fourth-order valence-electron chi connectivity index (χ4n) is 10.5. The zero-order chi connectivity index (χ0) is 76.3. The van der Waals surface area contributed by atoms with Gasteiger partial charge in [0.1, 0.15) is 34.8 Å². The molecule has 0 spiro atoms. The molecule has 8 aromatic rings. The maximum Gasteiger partial charge on any atom is 0.162 e. The molecule has 0 radical (unpaired) electrons. The number of halogens is 8. The van der Waals surface area contributed by atoms with Crippen molar-refractivity contribution in [1.29, 1.82) is 0 Å². The summed E-state index contributed by atoms with van der Waals surface area (Å²) in [6.45, 7) is 49.2. The molecule has 0 fully saturated rings. The topological polar surface area (TPSA) is 18.5 Å². The van der Waals surface area contributed by atoms with Crippen LogP contribution in [0.2, 0.25) is 10.0 Å². The van der Waals surface area contributed by atoms with Crippen molar-refractivity contribution in [1.82, 2.24) is 0 Å². The molecule has 0 atom stereocenters. The van der Waals surface area contributed by atoms with Gasteiger partial charge in [-0.1, -0.05) is 219 Å². The van der Waals surface area contributed by atoms with E-state index in [4.69, 9.17) is 32.7 Å². The van der Waals surface area contributed by atoms with Gasteiger partial charge in [0, 0.05) is 15.6 Å². The minimum atomic E-state index is -0.710. The summed E-state index contributed by atoms with van der Waals surface area (Å²) in [4.78, 5) is 0. The molecule has 0 aliphatic heterocycles. The Labute approximate surface area is 613 Å². The van der Waals surface area contributed by atoms with Crippen molar-refractivity contribution in [3.8, 4) is 11.5 Å². The van der Waals surface area contributed by atoms with Crippen LogP contribution >= 0.6 is 23.2 Å². The average molecular weight is 1420 g/mol. The molecule has 8 rings (SSSR count). The zero-order valence-corrected chi connectivity index (χ0v) is 67.3. The largest absolute Gasteiger partial charge is 0.496 e. The van der Waals surface area contributed by atoms with E-state index >= 15 is 0 Å². The molecule has 0 aliphatic carbocycles. The van der Waals surface area contributed by atoms with Gasteiger partial charge < -0.3 is 9.47 Å². The van der Waals surface area contributed by atoms with Gasteiger partial charge in [-0.2, -0.15) is 0 Å². The second kappa shape index (κ2) is 47.7. The lowest BCUT2D eigenvalue weighted by Gasteiger charge is -2.10. The Morgan fingerprint density at radius 3 is 1.06 bits per heavy atom. The first-order valence-corrected chi connectivity index (χ1v) is 36.6. The fourth-order valence-corrected chi connectivity index (χ4v) is 11.0. The van der Waals surface area contributed by atoms with Crippen LogP contribution in [-0.2, 0) is 51.4 Å². The van der Waals surface area contributed by atoms with Crippen LogP contribution in [0.15, 0.2) is 133 Å². The molecule has 0 amide bonds. The molecule has 0 N–H and O–H groups in total. The summed E-state index contributed by atoms with van der Waals surface area (Å²) in [7, 11) is 3.46. The van der Waals surface area contributed by atoms with E-state index in [-0.39, 0.29) is 17.2 Å². The highest BCUT2D eigenvalue weighted by Gasteiger charge is 2.13. The first kappa shape index (κ1) is 91.5. The summed E-state index contributed by atoms with van der Waals surface area (Å²) in [6, 6.07) is 42.4. The van der Waals surface area contributed by atoms with Crippen LogP contribution in [0.3, 0.4) is 0 Å². The summed E-state index contributed by atoms with van der Waals surface area (Å²) >= 11 is 12.1. The predicted molar refractivity (Wildman–Crippen MR) is 421 cm³/mol. The number of hydrogen-bond acceptors (Lipinski definition) is 2. The Morgan fingerprint density at radius 2 is 0.620 bits per heavy atom. The molecule has 100 heavy (non-hydrogen) atoms. The van der Waals surface area contributed by atoms with Crippen LogP contribution in [0, 0.1) is 138 Å². The molecular weight excluding hydrogens is 1300 g/mol. The van der Waals surface area contributed by atoms with Crippen molar-refractivity contribution in [3.63, 3.8) is 0 Å². The van der Waals surface area contributed by atoms with Gasteiger partial charge >= 0.3 is 0 Å². The summed E-state index contributed by atoms with van der Waals surface area (Å²) in [5, 5.41) is 1.79. The number of ether oxygens (including phenoxy) is 2. The van der Waals surface area contributed by atoms with E-state index in [1.165, 1.54) is 58.0 Å². The van der Waals surface area contributed by atoms with Gasteiger partial charge in [-0.3, -0.25) is 0 Å². The Kier molecular flexibility index (Phi) is 43.6. The van der Waals surface area contributed by atoms with Crippen molar-refractivity contribution < 1.29 is 35.8 Å². The average Bonchev–Trinajstić information content (AvgIpc) is 0.860. The Morgan fingerprint density at radius 1 is 0.270 bits per heavy atom. The molecule has 0 aromatic heterocycles. The summed E-state index contributed by atoms with van der Waals surface area (Å²) in [5.41, 5.74) is 15.4. The molecule has 2 nitrogen and oxygen atoms in total. The molecule has 8 aromatic carbocycles. The van der Waals surface area contributed by atoms with Crippen molar-refractivity contribution in [2.75, 3.05) is 14.2 Å². The van der Waals surface area contributed by atoms with E-state index in [2.05, 4.69) is 171 Å².